The van der Waals surface area contributed by atoms with E-state index in [4.69, 9.17) is 11.5 Å². The Labute approximate surface area is 70.3 Å². The highest BCUT2D eigenvalue weighted by Gasteiger charge is 2.16. The third-order valence-corrected chi connectivity index (χ3v) is 1.56. The first-order valence-electron chi connectivity index (χ1n) is 4.36. The second-order valence-corrected chi connectivity index (χ2v) is 4.58. The van der Waals surface area contributed by atoms with Crippen LogP contribution >= 0.6 is 0 Å². The molecule has 0 radical (unpaired) electrons. The molecule has 0 saturated heterocycles. The molecule has 4 N–H and O–H groups in total. The van der Waals surface area contributed by atoms with Crippen LogP contribution in [0.5, 0.6) is 0 Å². The lowest BCUT2D eigenvalue weighted by Crippen LogP contribution is -2.39. The van der Waals surface area contributed by atoms with Crippen LogP contribution in [0, 0.1) is 5.92 Å². The molecule has 0 rings (SSSR count). The van der Waals surface area contributed by atoms with Gasteiger partial charge in [-0.2, -0.15) is 0 Å². The summed E-state index contributed by atoms with van der Waals surface area (Å²) in [6.07, 6.45) is 1.98. The first-order valence-corrected chi connectivity index (χ1v) is 4.36. The maximum atomic E-state index is 5.88. The summed E-state index contributed by atoms with van der Waals surface area (Å²) >= 11 is 0. The molecule has 0 spiro atoms. The SMILES string of the molecule is CC(C)CC(N)CC(C)(C)N. The van der Waals surface area contributed by atoms with Crippen molar-refractivity contribution in [2.75, 3.05) is 0 Å². The predicted octanol–water partition coefficient (Wildman–Crippen LogP) is 1.49. The van der Waals surface area contributed by atoms with Gasteiger partial charge in [0.15, 0.2) is 0 Å². The average Bonchev–Trinajstić information content (AvgIpc) is 1.53. The van der Waals surface area contributed by atoms with Crippen molar-refractivity contribution >= 4 is 0 Å². The van der Waals surface area contributed by atoms with Gasteiger partial charge in [-0.15, -0.1) is 0 Å². The number of hydrogen-bond donors (Lipinski definition) is 2. The molecule has 0 aromatic heterocycles. The molecule has 1 unspecified atom stereocenters. The molecule has 11 heavy (non-hydrogen) atoms. The zero-order valence-electron chi connectivity index (χ0n) is 8.22. The zero-order valence-corrected chi connectivity index (χ0v) is 8.22. The molecule has 0 aromatic rings. The Kier molecular flexibility index (Phi) is 4.04. The molecule has 0 heterocycles. The Bertz CT molecular complexity index is 103. The summed E-state index contributed by atoms with van der Waals surface area (Å²) in [6.45, 7) is 8.41. The second-order valence-electron chi connectivity index (χ2n) is 4.58. The Morgan fingerprint density at radius 3 is 2.00 bits per heavy atom. The summed E-state index contributed by atoms with van der Waals surface area (Å²) in [5.74, 6) is 0.673. The van der Waals surface area contributed by atoms with Crippen molar-refractivity contribution in [3.63, 3.8) is 0 Å². The molecule has 68 valence electrons. The first-order chi connectivity index (χ1) is 4.81. The van der Waals surface area contributed by atoms with E-state index in [0.29, 0.717) is 5.92 Å². The van der Waals surface area contributed by atoms with Crippen LogP contribution in [0.4, 0.5) is 0 Å². The van der Waals surface area contributed by atoms with Gasteiger partial charge in [-0.25, -0.2) is 0 Å². The van der Waals surface area contributed by atoms with E-state index in [2.05, 4.69) is 13.8 Å². The lowest BCUT2D eigenvalue weighted by Gasteiger charge is -2.24. The molecule has 0 amide bonds. The van der Waals surface area contributed by atoms with Crippen LogP contribution in [0.25, 0.3) is 0 Å². The summed E-state index contributed by atoms with van der Waals surface area (Å²) in [5, 5.41) is 0. The average molecular weight is 158 g/mol. The molecule has 0 aromatic carbocycles. The van der Waals surface area contributed by atoms with Crippen molar-refractivity contribution in [3.8, 4) is 0 Å². The van der Waals surface area contributed by atoms with Crippen molar-refractivity contribution in [3.05, 3.63) is 0 Å². The summed E-state index contributed by atoms with van der Waals surface area (Å²) in [5.41, 5.74) is 11.6. The first kappa shape index (κ1) is 10.9. The molecule has 0 aliphatic rings. The van der Waals surface area contributed by atoms with Crippen molar-refractivity contribution < 1.29 is 0 Å². The molecule has 0 aliphatic heterocycles. The maximum Gasteiger partial charge on any atom is 0.0112 e. The largest absolute Gasteiger partial charge is 0.328 e. The highest BCUT2D eigenvalue weighted by molar-refractivity contribution is 4.78. The van der Waals surface area contributed by atoms with Gasteiger partial charge in [0.25, 0.3) is 0 Å². The van der Waals surface area contributed by atoms with Crippen LogP contribution in [-0.2, 0) is 0 Å². The minimum atomic E-state index is -0.117. The van der Waals surface area contributed by atoms with Crippen molar-refractivity contribution in [1.82, 2.24) is 0 Å². The summed E-state index contributed by atoms with van der Waals surface area (Å²) in [6, 6.07) is 0.259. The molecule has 1 atom stereocenters. The molecule has 0 fully saturated rings. The monoisotopic (exact) mass is 158 g/mol. The van der Waals surface area contributed by atoms with E-state index >= 15 is 0 Å². The topological polar surface area (TPSA) is 52.0 Å². The number of hydrogen-bond acceptors (Lipinski definition) is 2. The molecule has 2 nitrogen and oxygen atoms in total. The van der Waals surface area contributed by atoms with Gasteiger partial charge in [-0.1, -0.05) is 13.8 Å². The number of rotatable bonds is 4. The van der Waals surface area contributed by atoms with Crippen LogP contribution in [-0.4, -0.2) is 11.6 Å². The molecule has 2 heteroatoms. The van der Waals surface area contributed by atoms with Gasteiger partial charge in [-0.05, 0) is 32.6 Å². The lowest BCUT2D eigenvalue weighted by molar-refractivity contribution is 0.379. The normalized spacial score (nSPS) is 15.5. The van der Waals surface area contributed by atoms with E-state index < -0.39 is 0 Å². The molecule has 0 bridgehead atoms. The summed E-state index contributed by atoms with van der Waals surface area (Å²) < 4.78 is 0. The summed E-state index contributed by atoms with van der Waals surface area (Å²) in [4.78, 5) is 0. The van der Waals surface area contributed by atoms with Gasteiger partial charge in [0.1, 0.15) is 0 Å². The molecular formula is C9H22N2. The van der Waals surface area contributed by atoms with Gasteiger partial charge >= 0.3 is 0 Å². The van der Waals surface area contributed by atoms with E-state index in [1.54, 1.807) is 0 Å². The minimum absolute atomic E-state index is 0.117. The van der Waals surface area contributed by atoms with Crippen molar-refractivity contribution in [2.24, 2.45) is 17.4 Å². The van der Waals surface area contributed by atoms with E-state index in [9.17, 15) is 0 Å². The van der Waals surface area contributed by atoms with E-state index in [1.807, 2.05) is 13.8 Å². The van der Waals surface area contributed by atoms with Crippen molar-refractivity contribution in [1.29, 1.82) is 0 Å². The van der Waals surface area contributed by atoms with Crippen molar-refractivity contribution in [2.45, 2.75) is 52.1 Å². The minimum Gasteiger partial charge on any atom is -0.328 e. The van der Waals surface area contributed by atoms with Gasteiger partial charge in [0.05, 0.1) is 0 Å². The van der Waals surface area contributed by atoms with E-state index in [1.165, 1.54) is 0 Å². The Hall–Kier alpha value is -0.0800. The van der Waals surface area contributed by atoms with Gasteiger partial charge in [-0.3, -0.25) is 0 Å². The third-order valence-electron chi connectivity index (χ3n) is 1.56. The maximum absolute atomic E-state index is 5.88. The highest BCUT2D eigenvalue weighted by atomic mass is 14.7. The predicted molar refractivity (Wildman–Crippen MR) is 50.3 cm³/mol. The van der Waals surface area contributed by atoms with Crippen LogP contribution in [0.3, 0.4) is 0 Å². The van der Waals surface area contributed by atoms with Gasteiger partial charge in [0, 0.05) is 11.6 Å². The Morgan fingerprint density at radius 1 is 1.27 bits per heavy atom. The lowest BCUT2D eigenvalue weighted by atomic mass is 9.92. The van der Waals surface area contributed by atoms with E-state index in [-0.39, 0.29) is 11.6 Å². The highest BCUT2D eigenvalue weighted by Crippen LogP contribution is 2.12. The second kappa shape index (κ2) is 4.07. The quantitative estimate of drug-likeness (QED) is 0.651. The van der Waals surface area contributed by atoms with Crippen LogP contribution in [0.15, 0.2) is 0 Å². The fourth-order valence-electron chi connectivity index (χ4n) is 1.36. The molecule has 0 saturated carbocycles. The standard InChI is InChI=1S/C9H22N2/c1-7(2)5-8(10)6-9(3,4)11/h7-8H,5-6,10-11H2,1-4H3. The number of nitrogens with two attached hydrogens (primary N) is 2. The van der Waals surface area contributed by atoms with Crippen LogP contribution in [0.1, 0.15) is 40.5 Å². The Morgan fingerprint density at radius 2 is 1.73 bits per heavy atom. The Balaban J connectivity index is 3.61. The fourth-order valence-corrected chi connectivity index (χ4v) is 1.36. The van der Waals surface area contributed by atoms with Gasteiger partial charge < -0.3 is 11.5 Å². The van der Waals surface area contributed by atoms with Crippen LogP contribution in [0.2, 0.25) is 0 Å². The van der Waals surface area contributed by atoms with Gasteiger partial charge in [0.2, 0.25) is 0 Å². The van der Waals surface area contributed by atoms with E-state index in [0.717, 1.165) is 12.8 Å². The fraction of sp³-hybridized carbons (Fsp3) is 1.00. The third kappa shape index (κ3) is 7.82. The van der Waals surface area contributed by atoms with Crippen LogP contribution < -0.4 is 11.5 Å². The zero-order chi connectivity index (χ0) is 9.07. The molecule has 0 aliphatic carbocycles. The smallest absolute Gasteiger partial charge is 0.0112 e. The molecular weight excluding hydrogens is 136 g/mol. The summed E-state index contributed by atoms with van der Waals surface area (Å²) in [7, 11) is 0.